The van der Waals surface area contributed by atoms with Gasteiger partial charge in [-0.1, -0.05) is 25.5 Å². The summed E-state index contributed by atoms with van der Waals surface area (Å²) in [7, 11) is -3.60. The van der Waals surface area contributed by atoms with E-state index >= 15 is 0 Å². The van der Waals surface area contributed by atoms with Gasteiger partial charge < -0.3 is 5.32 Å². The molecule has 1 heterocycles. The van der Waals surface area contributed by atoms with Crippen LogP contribution in [0.25, 0.3) is 0 Å². The van der Waals surface area contributed by atoms with Gasteiger partial charge in [0.2, 0.25) is 10.0 Å². The number of hydrogen-bond acceptors (Lipinski definition) is 4. The van der Waals surface area contributed by atoms with Crippen LogP contribution in [0, 0.1) is 0 Å². The second kappa shape index (κ2) is 8.56. The van der Waals surface area contributed by atoms with E-state index in [4.69, 9.17) is 0 Å². The van der Waals surface area contributed by atoms with Crippen molar-refractivity contribution in [2.75, 3.05) is 6.54 Å². The molecule has 0 atom stereocenters. The van der Waals surface area contributed by atoms with E-state index < -0.39 is 10.0 Å². The zero-order chi connectivity index (χ0) is 17.4. The number of unbranched alkanes of at least 4 members (excludes halogenated alkanes) is 1. The fourth-order valence-electron chi connectivity index (χ4n) is 2.06. The maximum Gasteiger partial charge on any atom is 0.251 e. The van der Waals surface area contributed by atoms with Gasteiger partial charge in [0.25, 0.3) is 5.91 Å². The number of nitrogens with zero attached hydrogens (tertiary/aromatic N) is 1. The van der Waals surface area contributed by atoms with Crippen LogP contribution in [0.3, 0.4) is 0 Å². The smallest absolute Gasteiger partial charge is 0.251 e. The number of sulfonamides is 1. The minimum absolute atomic E-state index is 0.0904. The zero-order valence-electron chi connectivity index (χ0n) is 13.5. The molecular formula is C17H21N3O3S. The lowest BCUT2D eigenvalue weighted by Crippen LogP contribution is -2.26. The summed E-state index contributed by atoms with van der Waals surface area (Å²) >= 11 is 0. The number of hydrogen-bond donors (Lipinski definition) is 2. The molecule has 0 fully saturated rings. The molecule has 128 valence electrons. The summed E-state index contributed by atoms with van der Waals surface area (Å²) in [6.45, 7) is 2.70. The monoisotopic (exact) mass is 347 g/mol. The van der Waals surface area contributed by atoms with Crippen molar-refractivity contribution in [1.29, 1.82) is 0 Å². The number of rotatable bonds is 8. The number of aromatic nitrogens is 1. The Bertz CT molecular complexity index is 777. The van der Waals surface area contributed by atoms with Gasteiger partial charge in [0.15, 0.2) is 0 Å². The first-order valence-electron chi connectivity index (χ1n) is 7.80. The number of carbonyl (C=O) groups is 1. The number of amides is 1. The molecule has 2 N–H and O–H groups in total. The van der Waals surface area contributed by atoms with Gasteiger partial charge >= 0.3 is 0 Å². The molecule has 24 heavy (non-hydrogen) atoms. The van der Waals surface area contributed by atoms with Gasteiger partial charge in [-0.3, -0.25) is 9.78 Å². The van der Waals surface area contributed by atoms with Crippen LogP contribution in [-0.2, 0) is 16.6 Å². The molecule has 0 saturated heterocycles. The van der Waals surface area contributed by atoms with Crippen LogP contribution in [0.2, 0.25) is 0 Å². The Morgan fingerprint density at radius 3 is 2.75 bits per heavy atom. The van der Waals surface area contributed by atoms with Crippen LogP contribution >= 0.6 is 0 Å². The van der Waals surface area contributed by atoms with Gasteiger partial charge in [0.05, 0.1) is 4.90 Å². The third-order valence-electron chi connectivity index (χ3n) is 3.40. The summed E-state index contributed by atoms with van der Waals surface area (Å²) in [5.41, 5.74) is 1.17. The number of benzene rings is 1. The Morgan fingerprint density at radius 1 is 1.21 bits per heavy atom. The second-order valence-electron chi connectivity index (χ2n) is 5.32. The van der Waals surface area contributed by atoms with Crippen LogP contribution < -0.4 is 10.0 Å². The van der Waals surface area contributed by atoms with E-state index in [9.17, 15) is 13.2 Å². The lowest BCUT2D eigenvalue weighted by Gasteiger charge is -2.09. The molecule has 0 spiro atoms. The Morgan fingerprint density at radius 2 is 2.04 bits per heavy atom. The van der Waals surface area contributed by atoms with Crippen LogP contribution in [0.1, 0.15) is 35.7 Å². The molecule has 0 aliphatic heterocycles. The second-order valence-corrected chi connectivity index (χ2v) is 7.09. The van der Waals surface area contributed by atoms with Crippen molar-refractivity contribution < 1.29 is 13.2 Å². The van der Waals surface area contributed by atoms with Crippen molar-refractivity contribution in [3.63, 3.8) is 0 Å². The highest BCUT2D eigenvalue weighted by atomic mass is 32.2. The van der Waals surface area contributed by atoms with Crippen molar-refractivity contribution in [1.82, 2.24) is 15.0 Å². The summed E-state index contributed by atoms with van der Waals surface area (Å²) in [4.78, 5) is 16.3. The Labute approximate surface area is 142 Å². The van der Waals surface area contributed by atoms with E-state index in [0.717, 1.165) is 18.4 Å². The van der Waals surface area contributed by atoms with E-state index in [1.54, 1.807) is 30.6 Å². The maximum absolute atomic E-state index is 12.2. The normalized spacial score (nSPS) is 11.2. The van der Waals surface area contributed by atoms with E-state index in [-0.39, 0.29) is 10.8 Å². The zero-order valence-corrected chi connectivity index (χ0v) is 14.3. The van der Waals surface area contributed by atoms with Gasteiger partial charge in [-0.15, -0.1) is 0 Å². The molecule has 6 nitrogen and oxygen atoms in total. The summed E-state index contributed by atoms with van der Waals surface area (Å²) in [6, 6.07) is 9.65. The highest BCUT2D eigenvalue weighted by molar-refractivity contribution is 7.89. The van der Waals surface area contributed by atoms with E-state index in [1.807, 2.05) is 13.0 Å². The molecule has 0 aliphatic carbocycles. The standard InChI is InChI=1S/C17H21N3O3S/c1-2-3-10-20-24(22,23)16-8-4-7-15(11-16)17(21)19-13-14-6-5-9-18-12-14/h4-9,11-12,20H,2-3,10,13H2,1H3,(H,19,21). The van der Waals surface area contributed by atoms with Gasteiger partial charge in [-0.05, 0) is 36.2 Å². The average Bonchev–Trinajstić information content (AvgIpc) is 2.61. The average molecular weight is 347 g/mol. The predicted molar refractivity (Wildman–Crippen MR) is 91.9 cm³/mol. The van der Waals surface area contributed by atoms with E-state index in [2.05, 4.69) is 15.0 Å². The van der Waals surface area contributed by atoms with Crippen LogP contribution in [0.4, 0.5) is 0 Å². The molecule has 0 unspecified atom stereocenters. The summed E-state index contributed by atoms with van der Waals surface area (Å²) in [5, 5.41) is 2.75. The lowest BCUT2D eigenvalue weighted by molar-refractivity contribution is 0.0950. The third-order valence-corrected chi connectivity index (χ3v) is 4.86. The molecule has 1 aromatic heterocycles. The topological polar surface area (TPSA) is 88.2 Å². The lowest BCUT2D eigenvalue weighted by atomic mass is 10.2. The molecule has 1 aromatic carbocycles. The molecule has 0 saturated carbocycles. The largest absolute Gasteiger partial charge is 0.348 e. The first-order chi connectivity index (χ1) is 11.5. The highest BCUT2D eigenvalue weighted by Crippen LogP contribution is 2.12. The molecule has 1 amide bonds. The van der Waals surface area contributed by atoms with Gasteiger partial charge in [0.1, 0.15) is 0 Å². The predicted octanol–water partition coefficient (Wildman–Crippen LogP) is 2.09. The Hall–Kier alpha value is -2.25. The molecule has 2 rings (SSSR count). The van der Waals surface area contributed by atoms with Crippen LogP contribution in [0.5, 0.6) is 0 Å². The van der Waals surface area contributed by atoms with Gasteiger partial charge in [0, 0.05) is 31.0 Å². The van der Waals surface area contributed by atoms with Gasteiger partial charge in [-0.2, -0.15) is 0 Å². The summed E-state index contributed by atoms with van der Waals surface area (Å²) < 4.78 is 27.0. The SMILES string of the molecule is CCCCNS(=O)(=O)c1cccc(C(=O)NCc2cccnc2)c1. The minimum atomic E-state index is -3.60. The Kier molecular flexibility index (Phi) is 6.45. The van der Waals surface area contributed by atoms with Crippen molar-refractivity contribution in [3.8, 4) is 0 Å². The summed E-state index contributed by atoms with van der Waals surface area (Å²) in [6.07, 6.45) is 4.99. The minimum Gasteiger partial charge on any atom is -0.348 e. The fourth-order valence-corrected chi connectivity index (χ4v) is 3.18. The summed E-state index contributed by atoms with van der Waals surface area (Å²) in [5.74, 6) is -0.329. The van der Waals surface area contributed by atoms with Crippen molar-refractivity contribution in [2.24, 2.45) is 0 Å². The number of pyridine rings is 1. The fraction of sp³-hybridized carbons (Fsp3) is 0.294. The van der Waals surface area contributed by atoms with Crippen LogP contribution in [0.15, 0.2) is 53.7 Å². The molecule has 0 bridgehead atoms. The molecule has 7 heteroatoms. The highest BCUT2D eigenvalue weighted by Gasteiger charge is 2.15. The van der Waals surface area contributed by atoms with Gasteiger partial charge in [-0.25, -0.2) is 13.1 Å². The molecule has 0 radical (unpaired) electrons. The number of carbonyl (C=O) groups excluding carboxylic acids is 1. The maximum atomic E-state index is 12.2. The van der Waals surface area contributed by atoms with Crippen molar-refractivity contribution >= 4 is 15.9 Å². The first-order valence-corrected chi connectivity index (χ1v) is 9.28. The third kappa shape index (κ3) is 5.14. The van der Waals surface area contributed by atoms with E-state index in [1.165, 1.54) is 12.1 Å². The molecular weight excluding hydrogens is 326 g/mol. The van der Waals surface area contributed by atoms with Crippen molar-refractivity contribution in [3.05, 3.63) is 59.9 Å². The van der Waals surface area contributed by atoms with Crippen LogP contribution in [-0.4, -0.2) is 25.9 Å². The van der Waals surface area contributed by atoms with E-state index in [0.29, 0.717) is 18.7 Å². The molecule has 0 aliphatic rings. The first kappa shape index (κ1) is 18.1. The number of nitrogens with one attached hydrogen (secondary N) is 2. The quantitative estimate of drug-likeness (QED) is 0.716. The molecule has 2 aromatic rings. The Balaban J connectivity index is 2.05. The van der Waals surface area contributed by atoms with Crippen molar-refractivity contribution in [2.45, 2.75) is 31.2 Å².